The minimum atomic E-state index is -0.230. The zero-order chi connectivity index (χ0) is 18.1. The molecule has 2 aliphatic rings. The number of hydrazine groups is 1. The van der Waals surface area contributed by atoms with Gasteiger partial charge in [-0.1, -0.05) is 6.07 Å². The van der Waals surface area contributed by atoms with Gasteiger partial charge in [0.25, 0.3) is 0 Å². The first-order valence-electron chi connectivity index (χ1n) is 8.46. The summed E-state index contributed by atoms with van der Waals surface area (Å²) in [4.78, 5) is 25.4. The van der Waals surface area contributed by atoms with Gasteiger partial charge in [-0.05, 0) is 30.5 Å². The van der Waals surface area contributed by atoms with Gasteiger partial charge in [-0.25, -0.2) is 10.0 Å². The molecule has 0 saturated carbocycles. The normalized spacial score (nSPS) is 20.8. The molecule has 1 aliphatic heterocycles. The second kappa shape index (κ2) is 6.88. The number of ketones is 1. The van der Waals surface area contributed by atoms with Crippen molar-refractivity contribution in [3.63, 3.8) is 0 Å². The highest BCUT2D eigenvalue weighted by Crippen LogP contribution is 2.43. The second-order valence-corrected chi connectivity index (χ2v) is 6.56. The van der Waals surface area contributed by atoms with E-state index in [-0.39, 0.29) is 24.0 Å². The van der Waals surface area contributed by atoms with Gasteiger partial charge >= 0.3 is 0 Å². The standard InChI is InChI=1S/C19H24N2O4/c1-20(2)21-14-6-5-7-15(22)19(14)13(11-18(21)23)12-8-9-16(24-3)17(10-12)25-4/h8-10,13H,5-7,11H2,1-4H3. The van der Waals surface area contributed by atoms with Crippen LogP contribution < -0.4 is 9.47 Å². The number of hydrogen-bond acceptors (Lipinski definition) is 5. The van der Waals surface area contributed by atoms with E-state index < -0.39 is 0 Å². The van der Waals surface area contributed by atoms with E-state index in [2.05, 4.69) is 0 Å². The third-order valence-electron chi connectivity index (χ3n) is 4.86. The predicted octanol–water partition coefficient (Wildman–Crippen LogP) is 2.50. The van der Waals surface area contributed by atoms with E-state index in [1.54, 1.807) is 24.2 Å². The summed E-state index contributed by atoms with van der Waals surface area (Å²) in [5.41, 5.74) is 2.52. The number of methoxy groups -OCH3 is 2. The molecule has 0 spiro atoms. The maximum absolute atomic E-state index is 12.7. The minimum absolute atomic E-state index is 0.0123. The first-order chi connectivity index (χ1) is 12.0. The largest absolute Gasteiger partial charge is 0.493 e. The summed E-state index contributed by atoms with van der Waals surface area (Å²) in [6, 6.07) is 5.61. The zero-order valence-corrected chi connectivity index (χ0v) is 15.2. The predicted molar refractivity (Wildman–Crippen MR) is 93.3 cm³/mol. The molecule has 0 saturated heterocycles. The van der Waals surface area contributed by atoms with Crippen LogP contribution >= 0.6 is 0 Å². The minimum Gasteiger partial charge on any atom is -0.493 e. The summed E-state index contributed by atoms with van der Waals surface area (Å²) >= 11 is 0. The number of Topliss-reactive ketones (excluding diaryl/α,β-unsaturated/α-hetero) is 1. The van der Waals surface area contributed by atoms with Gasteiger partial charge in [0.2, 0.25) is 5.91 Å². The molecule has 1 aromatic rings. The number of amides is 1. The molecule has 1 heterocycles. The van der Waals surface area contributed by atoms with E-state index in [0.717, 1.165) is 29.7 Å². The lowest BCUT2D eigenvalue weighted by molar-refractivity contribution is -0.143. The zero-order valence-electron chi connectivity index (χ0n) is 15.2. The lowest BCUT2D eigenvalue weighted by Gasteiger charge is -2.41. The van der Waals surface area contributed by atoms with E-state index in [9.17, 15) is 9.59 Å². The van der Waals surface area contributed by atoms with E-state index in [1.165, 1.54) is 0 Å². The molecule has 1 aromatic carbocycles. The molecule has 0 aromatic heterocycles. The lowest BCUT2D eigenvalue weighted by Crippen LogP contribution is -2.47. The Balaban J connectivity index is 2.11. The average molecular weight is 344 g/mol. The molecule has 1 aliphatic carbocycles. The van der Waals surface area contributed by atoms with Crippen molar-refractivity contribution in [1.82, 2.24) is 10.0 Å². The van der Waals surface area contributed by atoms with Gasteiger partial charge in [-0.3, -0.25) is 9.59 Å². The van der Waals surface area contributed by atoms with Crippen LogP contribution in [-0.4, -0.2) is 50.0 Å². The third kappa shape index (κ3) is 3.02. The number of carbonyl (C=O) groups excluding carboxylic acids is 2. The SMILES string of the molecule is COc1ccc(C2CC(=O)N(N(C)C)C3=C2C(=O)CCC3)cc1OC. The Morgan fingerprint density at radius 2 is 1.80 bits per heavy atom. The Hall–Kier alpha value is -2.34. The van der Waals surface area contributed by atoms with E-state index >= 15 is 0 Å². The van der Waals surface area contributed by atoms with Crippen molar-refractivity contribution in [3.8, 4) is 11.5 Å². The van der Waals surface area contributed by atoms with Gasteiger partial charge in [0, 0.05) is 44.1 Å². The smallest absolute Gasteiger partial charge is 0.242 e. The van der Waals surface area contributed by atoms with Gasteiger partial charge in [-0.2, -0.15) is 0 Å². The van der Waals surface area contributed by atoms with Gasteiger partial charge < -0.3 is 9.47 Å². The van der Waals surface area contributed by atoms with E-state index in [0.29, 0.717) is 17.9 Å². The van der Waals surface area contributed by atoms with Gasteiger partial charge in [0.05, 0.1) is 14.2 Å². The van der Waals surface area contributed by atoms with Crippen molar-refractivity contribution in [2.45, 2.75) is 31.6 Å². The lowest BCUT2D eigenvalue weighted by atomic mass is 9.77. The summed E-state index contributed by atoms with van der Waals surface area (Å²) in [6.07, 6.45) is 2.35. The molecular formula is C19H24N2O4. The quantitative estimate of drug-likeness (QED) is 0.840. The molecule has 6 nitrogen and oxygen atoms in total. The van der Waals surface area contributed by atoms with Crippen LogP contribution in [0.1, 0.15) is 37.2 Å². The highest BCUT2D eigenvalue weighted by Gasteiger charge is 2.40. The van der Waals surface area contributed by atoms with Crippen LogP contribution in [0.25, 0.3) is 0 Å². The molecule has 0 bridgehead atoms. The Morgan fingerprint density at radius 3 is 2.44 bits per heavy atom. The van der Waals surface area contributed by atoms with Gasteiger partial charge in [-0.15, -0.1) is 0 Å². The van der Waals surface area contributed by atoms with Crippen molar-refractivity contribution >= 4 is 11.7 Å². The van der Waals surface area contributed by atoms with Crippen LogP contribution in [0.15, 0.2) is 29.5 Å². The fourth-order valence-electron chi connectivity index (χ4n) is 3.79. The molecule has 1 atom stereocenters. The number of benzene rings is 1. The molecule has 0 fully saturated rings. The van der Waals surface area contributed by atoms with Crippen LogP contribution in [0, 0.1) is 0 Å². The number of rotatable bonds is 4. The fourth-order valence-corrected chi connectivity index (χ4v) is 3.79. The molecule has 3 rings (SSSR count). The summed E-state index contributed by atoms with van der Waals surface area (Å²) < 4.78 is 10.7. The highest BCUT2D eigenvalue weighted by atomic mass is 16.5. The summed E-state index contributed by atoms with van der Waals surface area (Å²) in [5, 5.41) is 3.42. The second-order valence-electron chi connectivity index (χ2n) is 6.56. The maximum Gasteiger partial charge on any atom is 0.242 e. The van der Waals surface area contributed by atoms with Crippen molar-refractivity contribution in [2.75, 3.05) is 28.3 Å². The van der Waals surface area contributed by atoms with Crippen LogP contribution in [0.5, 0.6) is 11.5 Å². The van der Waals surface area contributed by atoms with Crippen LogP contribution in [0.3, 0.4) is 0 Å². The summed E-state index contributed by atoms with van der Waals surface area (Å²) in [6.45, 7) is 0. The molecular weight excluding hydrogens is 320 g/mol. The van der Waals surface area contributed by atoms with Crippen LogP contribution in [-0.2, 0) is 9.59 Å². The van der Waals surface area contributed by atoms with Crippen molar-refractivity contribution in [3.05, 3.63) is 35.0 Å². The molecule has 1 amide bonds. The number of nitrogens with zero attached hydrogens (tertiary/aromatic N) is 2. The molecule has 25 heavy (non-hydrogen) atoms. The number of ether oxygens (including phenoxy) is 2. The van der Waals surface area contributed by atoms with Gasteiger partial charge in [0.1, 0.15) is 0 Å². The molecule has 134 valence electrons. The first kappa shape index (κ1) is 17.5. The Labute approximate surface area is 148 Å². The highest BCUT2D eigenvalue weighted by molar-refractivity contribution is 6.01. The number of hydrogen-bond donors (Lipinski definition) is 0. The Kier molecular flexibility index (Phi) is 4.81. The Morgan fingerprint density at radius 1 is 1.08 bits per heavy atom. The average Bonchev–Trinajstić information content (AvgIpc) is 2.60. The van der Waals surface area contributed by atoms with E-state index in [4.69, 9.17) is 9.47 Å². The molecule has 0 N–H and O–H groups in total. The topological polar surface area (TPSA) is 59.1 Å². The maximum atomic E-state index is 12.7. The molecule has 6 heteroatoms. The fraction of sp³-hybridized carbons (Fsp3) is 0.474. The Bertz CT molecular complexity index is 739. The van der Waals surface area contributed by atoms with Crippen molar-refractivity contribution in [2.24, 2.45) is 0 Å². The van der Waals surface area contributed by atoms with Crippen LogP contribution in [0.4, 0.5) is 0 Å². The summed E-state index contributed by atoms with van der Waals surface area (Å²) in [7, 11) is 6.83. The number of allylic oxidation sites excluding steroid dienone is 2. The van der Waals surface area contributed by atoms with Crippen molar-refractivity contribution < 1.29 is 19.1 Å². The number of carbonyl (C=O) groups is 2. The summed E-state index contributed by atoms with van der Waals surface area (Å²) in [5.74, 6) is 1.16. The third-order valence-corrected chi connectivity index (χ3v) is 4.86. The molecule has 0 radical (unpaired) electrons. The molecule has 1 unspecified atom stereocenters. The van der Waals surface area contributed by atoms with Gasteiger partial charge in [0.15, 0.2) is 17.3 Å². The monoisotopic (exact) mass is 344 g/mol. The van der Waals surface area contributed by atoms with E-state index in [1.807, 2.05) is 32.3 Å². The first-order valence-corrected chi connectivity index (χ1v) is 8.46. The van der Waals surface area contributed by atoms with Crippen molar-refractivity contribution in [1.29, 1.82) is 0 Å². The van der Waals surface area contributed by atoms with Crippen LogP contribution in [0.2, 0.25) is 0 Å².